The van der Waals surface area contributed by atoms with Crippen molar-refractivity contribution in [1.82, 2.24) is 15.2 Å². The second-order valence-corrected chi connectivity index (χ2v) is 4.02. The predicted octanol–water partition coefficient (Wildman–Crippen LogP) is 3.42. The SMILES string of the molecule is Fc1ccc(-c2n[nH]c3cc(Cl)ncc23)cc1. The molecule has 0 fully saturated rings. The van der Waals surface area contributed by atoms with E-state index >= 15 is 0 Å². The number of H-pyrrole nitrogens is 1. The summed E-state index contributed by atoms with van der Waals surface area (Å²) in [5.74, 6) is -0.269. The molecule has 3 aromatic rings. The van der Waals surface area contributed by atoms with E-state index in [-0.39, 0.29) is 5.82 Å². The van der Waals surface area contributed by atoms with E-state index < -0.39 is 0 Å². The molecule has 0 aliphatic carbocycles. The van der Waals surface area contributed by atoms with Crippen molar-refractivity contribution < 1.29 is 4.39 Å². The average Bonchev–Trinajstić information content (AvgIpc) is 2.73. The molecule has 0 aliphatic rings. The van der Waals surface area contributed by atoms with E-state index in [1.807, 2.05) is 0 Å². The molecule has 2 heterocycles. The Hall–Kier alpha value is -1.94. The van der Waals surface area contributed by atoms with Gasteiger partial charge in [-0.05, 0) is 24.3 Å². The van der Waals surface area contributed by atoms with Crippen LogP contribution in [0.1, 0.15) is 0 Å². The number of hydrogen-bond donors (Lipinski definition) is 1. The lowest BCUT2D eigenvalue weighted by Crippen LogP contribution is -1.80. The van der Waals surface area contributed by atoms with Crippen molar-refractivity contribution in [3.05, 3.63) is 47.5 Å². The molecule has 0 radical (unpaired) electrons. The molecule has 0 spiro atoms. The van der Waals surface area contributed by atoms with E-state index in [0.29, 0.717) is 5.15 Å². The molecule has 17 heavy (non-hydrogen) atoms. The Balaban J connectivity index is 2.21. The zero-order chi connectivity index (χ0) is 11.8. The zero-order valence-corrected chi connectivity index (χ0v) is 9.37. The third-order valence-electron chi connectivity index (χ3n) is 2.53. The molecular weight excluding hydrogens is 241 g/mol. The highest BCUT2D eigenvalue weighted by atomic mass is 35.5. The van der Waals surface area contributed by atoms with Crippen LogP contribution in [-0.4, -0.2) is 15.2 Å². The van der Waals surface area contributed by atoms with E-state index in [4.69, 9.17) is 11.6 Å². The largest absolute Gasteiger partial charge is 0.277 e. The Morgan fingerprint density at radius 2 is 1.94 bits per heavy atom. The summed E-state index contributed by atoms with van der Waals surface area (Å²) in [6.45, 7) is 0. The van der Waals surface area contributed by atoms with Gasteiger partial charge < -0.3 is 0 Å². The van der Waals surface area contributed by atoms with Crippen molar-refractivity contribution in [3.63, 3.8) is 0 Å². The van der Waals surface area contributed by atoms with Crippen LogP contribution in [-0.2, 0) is 0 Å². The van der Waals surface area contributed by atoms with Gasteiger partial charge in [0.05, 0.1) is 5.52 Å². The van der Waals surface area contributed by atoms with Gasteiger partial charge in [-0.2, -0.15) is 5.10 Å². The standard InChI is InChI=1S/C12H7ClFN3/c13-11-5-10-9(6-15-11)12(17-16-10)7-1-3-8(14)4-2-7/h1-6H,(H,16,17). The molecule has 0 atom stereocenters. The van der Waals surface area contributed by atoms with Crippen LogP contribution in [0, 0.1) is 5.82 Å². The first-order valence-electron chi connectivity index (χ1n) is 4.99. The van der Waals surface area contributed by atoms with Crippen LogP contribution in [0.15, 0.2) is 36.5 Å². The Morgan fingerprint density at radius 1 is 1.18 bits per heavy atom. The number of pyridine rings is 1. The molecular formula is C12H7ClFN3. The van der Waals surface area contributed by atoms with Crippen LogP contribution >= 0.6 is 11.6 Å². The van der Waals surface area contributed by atoms with Crippen molar-refractivity contribution in [2.45, 2.75) is 0 Å². The summed E-state index contributed by atoms with van der Waals surface area (Å²) in [7, 11) is 0. The highest BCUT2D eigenvalue weighted by molar-refractivity contribution is 6.30. The Kier molecular flexibility index (Phi) is 2.30. The minimum Gasteiger partial charge on any atom is -0.277 e. The molecule has 84 valence electrons. The number of aromatic nitrogens is 3. The van der Waals surface area contributed by atoms with Crippen LogP contribution in [0.2, 0.25) is 5.15 Å². The molecule has 3 rings (SSSR count). The van der Waals surface area contributed by atoms with Crippen molar-refractivity contribution in [1.29, 1.82) is 0 Å². The molecule has 5 heteroatoms. The summed E-state index contributed by atoms with van der Waals surface area (Å²) in [5.41, 5.74) is 2.38. The van der Waals surface area contributed by atoms with E-state index in [9.17, 15) is 4.39 Å². The maximum atomic E-state index is 12.8. The van der Waals surface area contributed by atoms with Gasteiger partial charge in [0.25, 0.3) is 0 Å². The quantitative estimate of drug-likeness (QED) is 0.670. The maximum absolute atomic E-state index is 12.8. The Morgan fingerprint density at radius 3 is 2.71 bits per heavy atom. The average molecular weight is 248 g/mol. The van der Waals surface area contributed by atoms with Gasteiger partial charge in [0, 0.05) is 23.2 Å². The van der Waals surface area contributed by atoms with Gasteiger partial charge in [-0.3, -0.25) is 5.10 Å². The minimum absolute atomic E-state index is 0.269. The number of nitrogens with one attached hydrogen (secondary N) is 1. The fourth-order valence-electron chi connectivity index (χ4n) is 1.72. The van der Waals surface area contributed by atoms with Gasteiger partial charge in [0.1, 0.15) is 16.7 Å². The fraction of sp³-hybridized carbons (Fsp3) is 0. The molecule has 0 amide bonds. The summed E-state index contributed by atoms with van der Waals surface area (Å²) in [6.07, 6.45) is 1.65. The van der Waals surface area contributed by atoms with Crippen LogP contribution in [0.25, 0.3) is 22.2 Å². The number of benzene rings is 1. The van der Waals surface area contributed by atoms with Crippen LogP contribution < -0.4 is 0 Å². The molecule has 2 aromatic heterocycles. The summed E-state index contributed by atoms with van der Waals surface area (Å²) < 4.78 is 12.8. The smallest absolute Gasteiger partial charge is 0.131 e. The van der Waals surface area contributed by atoms with E-state index in [1.165, 1.54) is 12.1 Å². The lowest BCUT2D eigenvalue weighted by Gasteiger charge is -1.97. The van der Waals surface area contributed by atoms with Crippen molar-refractivity contribution >= 4 is 22.5 Å². The molecule has 1 N–H and O–H groups in total. The van der Waals surface area contributed by atoms with E-state index in [0.717, 1.165) is 22.2 Å². The van der Waals surface area contributed by atoms with Crippen LogP contribution in [0.4, 0.5) is 4.39 Å². The van der Waals surface area contributed by atoms with Gasteiger partial charge in [-0.25, -0.2) is 9.37 Å². The van der Waals surface area contributed by atoms with E-state index in [1.54, 1.807) is 24.4 Å². The van der Waals surface area contributed by atoms with Crippen molar-refractivity contribution in [2.75, 3.05) is 0 Å². The number of nitrogens with zero attached hydrogens (tertiary/aromatic N) is 2. The normalized spacial score (nSPS) is 10.9. The van der Waals surface area contributed by atoms with Gasteiger partial charge in [0.2, 0.25) is 0 Å². The molecule has 0 saturated heterocycles. The van der Waals surface area contributed by atoms with Gasteiger partial charge >= 0.3 is 0 Å². The number of fused-ring (bicyclic) bond motifs is 1. The molecule has 0 saturated carbocycles. The van der Waals surface area contributed by atoms with Gasteiger partial charge in [0.15, 0.2) is 0 Å². The lowest BCUT2D eigenvalue weighted by atomic mass is 10.1. The lowest BCUT2D eigenvalue weighted by molar-refractivity contribution is 0.628. The maximum Gasteiger partial charge on any atom is 0.131 e. The van der Waals surface area contributed by atoms with Crippen LogP contribution in [0.3, 0.4) is 0 Å². The highest BCUT2D eigenvalue weighted by Gasteiger charge is 2.08. The number of rotatable bonds is 1. The Labute approximate surface area is 101 Å². The molecule has 0 aliphatic heterocycles. The summed E-state index contributed by atoms with van der Waals surface area (Å²) in [5, 5.41) is 8.34. The fourth-order valence-corrected chi connectivity index (χ4v) is 1.87. The van der Waals surface area contributed by atoms with Crippen LogP contribution in [0.5, 0.6) is 0 Å². The number of aromatic amines is 1. The van der Waals surface area contributed by atoms with E-state index in [2.05, 4.69) is 15.2 Å². The van der Waals surface area contributed by atoms with Gasteiger partial charge in [-0.15, -0.1) is 0 Å². The number of hydrogen-bond acceptors (Lipinski definition) is 2. The highest BCUT2D eigenvalue weighted by Crippen LogP contribution is 2.26. The molecule has 0 bridgehead atoms. The van der Waals surface area contributed by atoms with Gasteiger partial charge in [-0.1, -0.05) is 11.6 Å². The topological polar surface area (TPSA) is 41.6 Å². The second kappa shape index (κ2) is 3.82. The first-order chi connectivity index (χ1) is 8.24. The third kappa shape index (κ3) is 1.76. The predicted molar refractivity (Wildman–Crippen MR) is 64.3 cm³/mol. The minimum atomic E-state index is -0.269. The van der Waals surface area contributed by atoms with Crippen molar-refractivity contribution in [3.8, 4) is 11.3 Å². The molecule has 3 nitrogen and oxygen atoms in total. The third-order valence-corrected chi connectivity index (χ3v) is 2.74. The summed E-state index contributed by atoms with van der Waals surface area (Å²) in [6, 6.07) is 7.87. The first-order valence-corrected chi connectivity index (χ1v) is 5.37. The zero-order valence-electron chi connectivity index (χ0n) is 8.61. The molecule has 1 aromatic carbocycles. The Bertz CT molecular complexity index is 676. The molecule has 0 unspecified atom stereocenters. The summed E-state index contributed by atoms with van der Waals surface area (Å²) >= 11 is 5.79. The van der Waals surface area contributed by atoms with Crippen molar-refractivity contribution in [2.24, 2.45) is 0 Å². The summed E-state index contributed by atoms with van der Waals surface area (Å²) in [4.78, 5) is 4.01. The first kappa shape index (κ1) is 10.2. The monoisotopic (exact) mass is 247 g/mol. The second-order valence-electron chi connectivity index (χ2n) is 3.63. The number of halogens is 2.